The fourth-order valence-electron chi connectivity index (χ4n) is 4.51. The van der Waals surface area contributed by atoms with Crippen LogP contribution in [0.15, 0.2) is 47.5 Å². The van der Waals surface area contributed by atoms with Gasteiger partial charge in [0.25, 0.3) is 0 Å². The normalized spacial score (nSPS) is 17.8. The highest BCUT2D eigenvalue weighted by Crippen LogP contribution is 2.40. The number of aromatic amines is 1. The number of aliphatic imine (C=N–C) groups is 1. The van der Waals surface area contributed by atoms with E-state index in [4.69, 9.17) is 9.73 Å². The summed E-state index contributed by atoms with van der Waals surface area (Å²) >= 11 is 0. The molecule has 3 aromatic rings. The van der Waals surface area contributed by atoms with Crippen LogP contribution in [0.2, 0.25) is 0 Å². The molecule has 2 heterocycles. The Kier molecular flexibility index (Phi) is 5.29. The Balaban J connectivity index is 1.70. The number of aromatic nitrogens is 2. The van der Waals surface area contributed by atoms with Gasteiger partial charge in [0.05, 0.1) is 12.8 Å². The molecule has 1 aliphatic heterocycles. The van der Waals surface area contributed by atoms with E-state index in [2.05, 4.69) is 51.9 Å². The van der Waals surface area contributed by atoms with Crippen LogP contribution in [-0.4, -0.2) is 28.9 Å². The summed E-state index contributed by atoms with van der Waals surface area (Å²) in [7, 11) is 1.68. The zero-order valence-electron chi connectivity index (χ0n) is 18.7. The molecule has 5 rings (SSSR count). The van der Waals surface area contributed by atoms with E-state index in [1.165, 1.54) is 30.9 Å². The summed E-state index contributed by atoms with van der Waals surface area (Å²) in [5, 5.41) is 10.6. The lowest BCUT2D eigenvalue weighted by molar-refractivity contribution is -0.119. The molecule has 1 atom stereocenters. The predicted molar refractivity (Wildman–Crippen MR) is 124 cm³/mol. The van der Waals surface area contributed by atoms with E-state index in [0.717, 1.165) is 52.4 Å². The number of benzene rings is 2. The summed E-state index contributed by atoms with van der Waals surface area (Å²) in [6.07, 6.45) is 3.64. The lowest BCUT2D eigenvalue weighted by Gasteiger charge is -2.17. The molecule has 0 bridgehead atoms. The first-order valence-electron chi connectivity index (χ1n) is 11.2. The van der Waals surface area contributed by atoms with Crippen molar-refractivity contribution >= 4 is 11.6 Å². The number of amides is 1. The number of aryl methyl sites for hydroxylation is 2. The van der Waals surface area contributed by atoms with Gasteiger partial charge in [0.2, 0.25) is 5.91 Å². The van der Waals surface area contributed by atoms with Crippen molar-refractivity contribution in [2.45, 2.75) is 51.6 Å². The average molecular weight is 429 g/mol. The monoisotopic (exact) mass is 428 g/mol. The maximum atomic E-state index is 12.1. The molecule has 1 fully saturated rings. The molecule has 164 valence electrons. The summed E-state index contributed by atoms with van der Waals surface area (Å²) in [6, 6.07) is 14.9. The molecule has 1 aliphatic carbocycles. The van der Waals surface area contributed by atoms with Gasteiger partial charge < -0.3 is 10.1 Å². The summed E-state index contributed by atoms with van der Waals surface area (Å²) < 4.78 is 5.54. The Morgan fingerprint density at radius 1 is 1.12 bits per heavy atom. The Labute approximate surface area is 188 Å². The van der Waals surface area contributed by atoms with Crippen molar-refractivity contribution in [1.82, 2.24) is 15.5 Å². The van der Waals surface area contributed by atoms with Crippen molar-refractivity contribution in [3.8, 4) is 5.75 Å². The average Bonchev–Trinajstić information content (AvgIpc) is 3.57. The minimum atomic E-state index is -0.567. The molecule has 0 spiro atoms. The predicted octanol–water partition coefficient (Wildman–Crippen LogP) is 4.38. The van der Waals surface area contributed by atoms with Gasteiger partial charge in [-0.1, -0.05) is 30.3 Å². The molecule has 1 unspecified atom stereocenters. The van der Waals surface area contributed by atoms with Gasteiger partial charge in [0.15, 0.2) is 6.17 Å². The number of nitrogens with zero attached hydrogens (tertiary/aromatic N) is 2. The second kappa shape index (κ2) is 8.26. The molecule has 2 aliphatic rings. The molecule has 1 amide bonds. The highest BCUT2D eigenvalue weighted by atomic mass is 16.5. The molecular formula is C26H28N4O2. The van der Waals surface area contributed by atoms with Crippen LogP contribution in [-0.2, 0) is 17.6 Å². The molecule has 0 saturated heterocycles. The van der Waals surface area contributed by atoms with E-state index in [1.54, 1.807) is 7.11 Å². The lowest BCUT2D eigenvalue weighted by atomic mass is 9.93. The van der Waals surface area contributed by atoms with Crippen LogP contribution >= 0.6 is 0 Å². The Morgan fingerprint density at radius 3 is 2.59 bits per heavy atom. The SMILES string of the molecule is COc1ccc2c(c1)C(c1ccc(C3CC3)cc1)=NC(NC(C)=O)c1n[nH]c(C)c1CC2. The highest BCUT2D eigenvalue weighted by Gasteiger charge is 2.26. The molecule has 1 aromatic heterocycles. The maximum Gasteiger partial charge on any atom is 0.218 e. The first kappa shape index (κ1) is 20.5. The first-order valence-corrected chi connectivity index (χ1v) is 11.2. The van der Waals surface area contributed by atoms with Crippen molar-refractivity contribution in [1.29, 1.82) is 0 Å². The van der Waals surface area contributed by atoms with Gasteiger partial charge in [0, 0.05) is 29.3 Å². The van der Waals surface area contributed by atoms with Crippen LogP contribution in [0.5, 0.6) is 5.75 Å². The summed E-state index contributed by atoms with van der Waals surface area (Å²) in [6.45, 7) is 3.53. The molecule has 0 radical (unpaired) electrons. The first-order chi connectivity index (χ1) is 15.5. The van der Waals surface area contributed by atoms with Gasteiger partial charge in [-0.25, -0.2) is 0 Å². The van der Waals surface area contributed by atoms with Gasteiger partial charge in [-0.15, -0.1) is 0 Å². The molecule has 2 N–H and O–H groups in total. The van der Waals surface area contributed by atoms with E-state index in [9.17, 15) is 4.79 Å². The number of carbonyl (C=O) groups is 1. The van der Waals surface area contributed by atoms with Crippen molar-refractivity contribution < 1.29 is 9.53 Å². The zero-order chi connectivity index (χ0) is 22.2. The van der Waals surface area contributed by atoms with Crippen molar-refractivity contribution in [2.24, 2.45) is 4.99 Å². The summed E-state index contributed by atoms with van der Waals surface area (Å²) in [5.74, 6) is 1.34. The minimum absolute atomic E-state index is 0.140. The van der Waals surface area contributed by atoms with Gasteiger partial charge in [-0.2, -0.15) is 5.10 Å². The second-order valence-corrected chi connectivity index (χ2v) is 8.71. The Bertz CT molecular complexity index is 1190. The van der Waals surface area contributed by atoms with Crippen molar-refractivity contribution in [2.75, 3.05) is 7.11 Å². The van der Waals surface area contributed by atoms with Gasteiger partial charge in [0.1, 0.15) is 11.4 Å². The third kappa shape index (κ3) is 3.93. The number of nitrogens with one attached hydrogen (secondary N) is 2. The summed E-state index contributed by atoms with van der Waals surface area (Å²) in [5.41, 5.74) is 8.38. The fourth-order valence-corrected chi connectivity index (χ4v) is 4.51. The van der Waals surface area contributed by atoms with E-state index in [-0.39, 0.29) is 5.91 Å². The molecule has 6 nitrogen and oxygen atoms in total. The second-order valence-electron chi connectivity index (χ2n) is 8.71. The third-order valence-electron chi connectivity index (χ3n) is 6.41. The number of methoxy groups -OCH3 is 1. The van der Waals surface area contributed by atoms with E-state index in [0.29, 0.717) is 5.92 Å². The van der Waals surface area contributed by atoms with E-state index in [1.807, 2.05) is 13.0 Å². The molecule has 32 heavy (non-hydrogen) atoms. The van der Waals surface area contributed by atoms with E-state index >= 15 is 0 Å². The Hall–Kier alpha value is -3.41. The van der Waals surface area contributed by atoms with E-state index < -0.39 is 6.17 Å². The van der Waals surface area contributed by atoms with Crippen LogP contribution in [0.1, 0.15) is 71.1 Å². The smallest absolute Gasteiger partial charge is 0.218 e. The van der Waals surface area contributed by atoms with Crippen LogP contribution in [0.25, 0.3) is 0 Å². The standard InChI is InChI=1S/C26H28N4O2/c1-15-22-13-11-19-10-12-21(32-3)14-23(19)24(20-8-6-18(7-9-20)17-4-5-17)28-26(27-16(2)31)25(22)30-29-15/h6-10,12,14,17,26H,4-5,11,13H2,1-3H3,(H,27,31)(H,29,30). The number of carbonyl (C=O) groups excluding carboxylic acids is 1. The molecule has 2 aromatic carbocycles. The highest BCUT2D eigenvalue weighted by molar-refractivity contribution is 6.14. The number of hydrogen-bond acceptors (Lipinski definition) is 4. The molecular weight excluding hydrogens is 400 g/mol. The van der Waals surface area contributed by atoms with Crippen LogP contribution < -0.4 is 10.1 Å². The van der Waals surface area contributed by atoms with Crippen molar-refractivity contribution in [3.63, 3.8) is 0 Å². The number of hydrogen-bond donors (Lipinski definition) is 2. The lowest BCUT2D eigenvalue weighted by Crippen LogP contribution is -2.27. The quantitative estimate of drug-likeness (QED) is 0.647. The van der Waals surface area contributed by atoms with Gasteiger partial charge >= 0.3 is 0 Å². The zero-order valence-corrected chi connectivity index (χ0v) is 18.7. The molecule has 1 saturated carbocycles. The van der Waals surface area contributed by atoms with Gasteiger partial charge in [-0.05, 0) is 61.8 Å². The van der Waals surface area contributed by atoms with Gasteiger partial charge in [-0.3, -0.25) is 14.9 Å². The topological polar surface area (TPSA) is 79.4 Å². The van der Waals surface area contributed by atoms with Crippen molar-refractivity contribution in [3.05, 3.63) is 81.7 Å². The van der Waals surface area contributed by atoms with Crippen LogP contribution in [0.4, 0.5) is 0 Å². The number of fused-ring (bicyclic) bond motifs is 2. The third-order valence-corrected chi connectivity index (χ3v) is 6.41. The largest absolute Gasteiger partial charge is 0.497 e. The van der Waals surface area contributed by atoms with Crippen LogP contribution in [0.3, 0.4) is 0 Å². The summed E-state index contributed by atoms with van der Waals surface area (Å²) in [4.78, 5) is 17.2. The minimum Gasteiger partial charge on any atom is -0.497 e. The van der Waals surface area contributed by atoms with Crippen LogP contribution in [0, 0.1) is 6.92 Å². The fraction of sp³-hybridized carbons (Fsp3) is 0.346. The number of H-pyrrole nitrogens is 1. The Morgan fingerprint density at radius 2 is 1.91 bits per heavy atom. The number of ether oxygens (including phenoxy) is 1. The number of rotatable bonds is 4. The molecule has 6 heteroatoms. The maximum absolute atomic E-state index is 12.1.